The molecular weight excluding hydrogens is 1310 g/mol. The summed E-state index contributed by atoms with van der Waals surface area (Å²) < 4.78 is 0. The molecule has 3 saturated heterocycles. The van der Waals surface area contributed by atoms with Crippen LogP contribution in [0.3, 0.4) is 0 Å². The maximum atomic E-state index is 14.9. The zero-order valence-corrected chi connectivity index (χ0v) is 56.0. The van der Waals surface area contributed by atoms with Crippen LogP contribution >= 0.6 is 21.6 Å². The number of phenols is 1. The van der Waals surface area contributed by atoms with Crippen molar-refractivity contribution in [3.05, 3.63) is 29.8 Å². The van der Waals surface area contributed by atoms with Gasteiger partial charge in [-0.05, 0) is 62.1 Å². The van der Waals surface area contributed by atoms with Gasteiger partial charge in [0.2, 0.25) is 70.9 Å². The summed E-state index contributed by atoms with van der Waals surface area (Å²) in [6.45, 7) is 2.95. The fraction of sp³-hybridized carbons (Fsp3) is 0.644. The first kappa shape index (κ1) is 81.0. The monoisotopic (exact) mass is 1410 g/mol. The topological polar surface area (TPSA) is 553 Å². The lowest BCUT2D eigenvalue weighted by Crippen LogP contribution is -2.61. The lowest BCUT2D eigenvalue weighted by molar-refractivity contribution is -0.142. The first-order valence-corrected chi connectivity index (χ1v) is 34.3. The number of phenolic OH excluding ortho intramolecular Hbond substituents is 1. The number of benzene rings is 1. The van der Waals surface area contributed by atoms with Crippen LogP contribution in [0.15, 0.2) is 24.3 Å². The Kier molecular flexibility index (Phi) is 34.8. The van der Waals surface area contributed by atoms with Gasteiger partial charge in [0.15, 0.2) is 0 Å². The minimum atomic E-state index is -1.84. The summed E-state index contributed by atoms with van der Waals surface area (Å²) in [7, 11) is 1.94. The number of unbranched alkanes of at least 4 members (excludes halogenated alkanes) is 1. The van der Waals surface area contributed by atoms with E-state index in [1.165, 1.54) is 24.3 Å². The van der Waals surface area contributed by atoms with Gasteiger partial charge in [-0.1, -0.05) is 54.0 Å². The highest BCUT2D eigenvalue weighted by Crippen LogP contribution is 2.26. The summed E-state index contributed by atoms with van der Waals surface area (Å²) in [6, 6.07) is -5.98. The van der Waals surface area contributed by atoms with Crippen LogP contribution in [-0.2, 0) is 78.3 Å². The molecule has 20 N–H and O–H groups in total. The number of hydrogen-bond donors (Lipinski definition) is 16. The molecule has 0 saturated carbocycles. The van der Waals surface area contributed by atoms with Gasteiger partial charge in [-0.15, -0.1) is 0 Å². The lowest BCUT2D eigenvalue weighted by atomic mass is 9.96. The van der Waals surface area contributed by atoms with Crippen LogP contribution < -0.4 is 65.5 Å². The number of likely N-dealkylation sites (tertiary alicyclic amines) is 1. The Morgan fingerprint density at radius 1 is 0.619 bits per heavy atom. The predicted octanol–water partition coefficient (Wildman–Crippen LogP) is -6.89. The van der Waals surface area contributed by atoms with E-state index in [9.17, 15) is 92.3 Å². The smallest absolute Gasteiger partial charge is 0.317 e. The normalized spacial score (nSPS) is 23.0. The second-order valence-electron chi connectivity index (χ2n) is 23.9. The summed E-state index contributed by atoms with van der Waals surface area (Å²) >= 11 is 0. The maximum absolute atomic E-state index is 14.9. The molecule has 0 radical (unpaired) electrons. The van der Waals surface area contributed by atoms with Crippen molar-refractivity contribution in [3.63, 3.8) is 0 Å². The highest BCUT2D eigenvalue weighted by molar-refractivity contribution is 8.76. The molecule has 3 fully saturated rings. The number of hydrogen-bond acceptors (Lipinski definition) is 23. The van der Waals surface area contributed by atoms with Gasteiger partial charge in [0.25, 0.3) is 0 Å². The largest absolute Gasteiger partial charge is 0.508 e. The fourth-order valence-corrected chi connectivity index (χ4v) is 12.9. The molecule has 12 amide bonds. The van der Waals surface area contributed by atoms with E-state index in [-0.39, 0.29) is 147 Å². The average Bonchev–Trinajstić information content (AvgIpc) is 1.83. The van der Waals surface area contributed by atoms with Gasteiger partial charge in [0, 0.05) is 89.8 Å². The van der Waals surface area contributed by atoms with Crippen LogP contribution in [0.5, 0.6) is 5.75 Å². The van der Waals surface area contributed by atoms with Crippen LogP contribution in [0.2, 0.25) is 0 Å². The average molecular weight is 1410 g/mol. The number of rotatable bonds is 28. The number of nitrogens with zero attached hydrogens (tertiary/aromatic N) is 5. The molecule has 97 heavy (non-hydrogen) atoms. The van der Waals surface area contributed by atoms with Crippen molar-refractivity contribution in [2.45, 2.75) is 126 Å². The third-order valence-electron chi connectivity index (χ3n) is 16.2. The van der Waals surface area contributed by atoms with Gasteiger partial charge < -0.3 is 90.8 Å². The van der Waals surface area contributed by atoms with E-state index in [4.69, 9.17) is 22.9 Å². The number of nitrogens with two attached hydrogens (primary N) is 4. The van der Waals surface area contributed by atoms with Crippen molar-refractivity contribution in [3.8, 4) is 5.75 Å². The molecule has 3 aliphatic rings. The van der Waals surface area contributed by atoms with Crippen LogP contribution in [0, 0.1) is 5.92 Å². The van der Waals surface area contributed by atoms with E-state index in [0.29, 0.717) is 12.0 Å². The molecule has 3 aliphatic heterocycles. The Bertz CT molecular complexity index is 2910. The van der Waals surface area contributed by atoms with Gasteiger partial charge in [-0.2, -0.15) is 0 Å². The number of primary amides is 3. The summed E-state index contributed by atoms with van der Waals surface area (Å²) in [5.74, 6) is -15.1. The van der Waals surface area contributed by atoms with Crippen LogP contribution in [0.1, 0.15) is 77.2 Å². The summed E-state index contributed by atoms with van der Waals surface area (Å²) in [5.41, 5.74) is 23.2. The van der Waals surface area contributed by atoms with Gasteiger partial charge >= 0.3 is 17.9 Å². The molecule has 1 aromatic carbocycles. The Labute approximate surface area is 568 Å². The first-order chi connectivity index (χ1) is 45.9. The second-order valence-corrected chi connectivity index (χ2v) is 26.5. The number of aromatic hydroxyl groups is 1. The van der Waals surface area contributed by atoms with Crippen molar-refractivity contribution in [2.24, 2.45) is 28.9 Å². The fourth-order valence-electron chi connectivity index (χ4n) is 10.7. The standard InChI is InChI=1S/C59H93N17O19S2/c1-3-34(2)51-58(94)67-39(13-14-44(61)78)54(90)69-41(26-45(62)79)55(91)70-42(33-97-96-32-37(60)52(88)68-40(56(92)71-51)25-35-9-11-36(77)12-10-35)59(95)76-16-6-8-43(76)57(93)66-38(53(89)65-27-46(63)80)7-4-5-15-64-47(81)28-72-17-19-73(29-48(82)83)21-23-75(31-50(86)87)24-22-74(20-18-72)30-49(84)85/h9-12,34,37-43,51,77H,3-8,13-33,60H2,1-2H3,(H2,61,78)(H2,62,79)(H2,63,80)(H,64,81)(H,65,89)(H,66,93)(H,67,94)(H,68,88)(H,69,90)(H,70,91)(H,71,92)(H,82,83)(H,84,85)(H,86,87)/t34-,37-,38-,39-,40-,41-,42-,43-,51-/m0/s1. The van der Waals surface area contributed by atoms with Crippen LogP contribution in [0.25, 0.3) is 0 Å². The predicted molar refractivity (Wildman–Crippen MR) is 350 cm³/mol. The molecule has 0 aliphatic carbocycles. The molecule has 0 unspecified atom stereocenters. The molecule has 38 heteroatoms. The van der Waals surface area contributed by atoms with Gasteiger partial charge in [0.05, 0.1) is 45.2 Å². The van der Waals surface area contributed by atoms with Crippen molar-refractivity contribution >= 4 is 110 Å². The minimum absolute atomic E-state index is 0.0474. The van der Waals surface area contributed by atoms with E-state index in [1.807, 2.05) is 0 Å². The summed E-state index contributed by atoms with van der Waals surface area (Å²) in [5, 5.41) is 59.2. The molecule has 4 rings (SSSR count). The maximum Gasteiger partial charge on any atom is 0.317 e. The van der Waals surface area contributed by atoms with Crippen molar-refractivity contribution < 1.29 is 92.3 Å². The van der Waals surface area contributed by atoms with E-state index in [0.717, 1.165) is 26.5 Å². The first-order valence-electron chi connectivity index (χ1n) is 31.8. The summed E-state index contributed by atoms with van der Waals surface area (Å²) in [4.78, 5) is 206. The summed E-state index contributed by atoms with van der Waals surface area (Å²) in [6.07, 6.45) is -1.00. The van der Waals surface area contributed by atoms with Gasteiger partial charge in [0.1, 0.15) is 48.0 Å². The Balaban J connectivity index is 1.56. The molecule has 0 aromatic heterocycles. The highest BCUT2D eigenvalue weighted by Gasteiger charge is 2.41. The molecule has 9 atom stereocenters. The number of carbonyl (C=O) groups excluding carboxylic acids is 12. The quantitative estimate of drug-likeness (QED) is 0.0274. The zero-order valence-electron chi connectivity index (χ0n) is 54.4. The highest BCUT2D eigenvalue weighted by atomic mass is 33.1. The van der Waals surface area contributed by atoms with E-state index < -0.39 is 169 Å². The van der Waals surface area contributed by atoms with Crippen LogP contribution in [0.4, 0.5) is 0 Å². The van der Waals surface area contributed by atoms with Crippen molar-refractivity contribution in [2.75, 3.05) is 110 Å². The van der Waals surface area contributed by atoms with E-state index >= 15 is 0 Å². The van der Waals surface area contributed by atoms with E-state index in [1.54, 1.807) is 33.4 Å². The molecular formula is C59H93N17O19S2. The van der Waals surface area contributed by atoms with Gasteiger partial charge in [-0.25, -0.2) is 0 Å². The number of amides is 12. The third-order valence-corrected chi connectivity index (χ3v) is 18.6. The van der Waals surface area contributed by atoms with E-state index in [2.05, 4.69) is 42.5 Å². The number of nitrogens with one attached hydrogen (secondary N) is 8. The molecule has 0 bridgehead atoms. The minimum Gasteiger partial charge on any atom is -0.508 e. The van der Waals surface area contributed by atoms with Gasteiger partial charge in [-0.3, -0.25) is 91.5 Å². The lowest BCUT2D eigenvalue weighted by Gasteiger charge is -2.32. The molecule has 1 aromatic rings. The number of aliphatic carboxylic acids is 3. The van der Waals surface area contributed by atoms with Crippen molar-refractivity contribution in [1.82, 2.24) is 67.0 Å². The molecule has 36 nitrogen and oxygen atoms in total. The Morgan fingerprint density at radius 2 is 1.14 bits per heavy atom. The SMILES string of the molecule is CC[C@H](C)[C@@H]1NC(=O)[C@H](Cc2ccc(O)cc2)NC(=O)[C@@H](N)CSSC[C@@H](C(=O)N2CCC[C@H]2C(=O)N[C@@H](CCCCNC(=O)CN2CCN(CC(=O)O)CCN(CC(=O)O)CCN(CC(=O)O)CC2)C(=O)NCC(N)=O)NC(=O)[C@H](CC(N)=O)NC(=O)[C@H](CCC(N)=O)NC1=O. The number of carboxylic acids is 3. The second kappa shape index (κ2) is 41.6. The number of carbonyl (C=O) groups is 15. The molecule has 540 valence electrons. The van der Waals surface area contributed by atoms with Crippen molar-refractivity contribution in [1.29, 1.82) is 0 Å². The Hall–Kier alpha value is -8.43. The zero-order chi connectivity index (χ0) is 71.9. The van der Waals surface area contributed by atoms with Crippen LogP contribution in [-0.4, -0.2) is 292 Å². The Morgan fingerprint density at radius 3 is 1.68 bits per heavy atom. The molecule has 3 heterocycles. The molecule has 0 spiro atoms. The third kappa shape index (κ3) is 29.8. The number of carboxylic acid groups (broad SMARTS) is 3.